The highest BCUT2D eigenvalue weighted by molar-refractivity contribution is 5.61. The second kappa shape index (κ2) is 3.62. The van der Waals surface area contributed by atoms with Crippen molar-refractivity contribution in [1.29, 1.82) is 0 Å². The van der Waals surface area contributed by atoms with Crippen LogP contribution < -0.4 is 0 Å². The summed E-state index contributed by atoms with van der Waals surface area (Å²) in [6.45, 7) is 0. The van der Waals surface area contributed by atoms with Gasteiger partial charge in [0.1, 0.15) is 11.6 Å². The van der Waals surface area contributed by atoms with E-state index < -0.39 is 17.6 Å². The maximum Gasteiger partial charge on any atom is 0.417 e. The normalized spacial score (nSPS) is 11.8. The summed E-state index contributed by atoms with van der Waals surface area (Å²) in [6, 6.07) is 2.28. The summed E-state index contributed by atoms with van der Waals surface area (Å²) < 4.78 is 50.7. The maximum atomic E-state index is 12.9. The maximum absolute atomic E-state index is 12.9. The fourth-order valence-electron chi connectivity index (χ4n) is 1.37. The molecule has 2 aromatic rings. The number of hydrogen-bond donors (Lipinski definition) is 1. The molecule has 0 unspecified atom stereocenters. The van der Waals surface area contributed by atoms with Crippen molar-refractivity contribution in [2.45, 2.75) is 6.18 Å². The molecule has 0 saturated carbocycles. The molecule has 0 amide bonds. The summed E-state index contributed by atoms with van der Waals surface area (Å²) in [4.78, 5) is 6.19. The molecule has 2 rings (SSSR count). The van der Waals surface area contributed by atoms with E-state index in [-0.39, 0.29) is 11.4 Å². The number of halogens is 4. The van der Waals surface area contributed by atoms with Crippen LogP contribution in [-0.2, 0) is 6.18 Å². The molecule has 1 N–H and O–H groups in total. The number of alkyl halides is 3. The number of imidazole rings is 1. The monoisotopic (exact) mass is 230 g/mol. The zero-order valence-electron chi connectivity index (χ0n) is 7.85. The van der Waals surface area contributed by atoms with Crippen molar-refractivity contribution in [3.63, 3.8) is 0 Å². The predicted molar refractivity (Wildman–Crippen MR) is 49.0 cm³/mol. The van der Waals surface area contributed by atoms with Gasteiger partial charge >= 0.3 is 6.18 Å². The Bertz CT molecular complexity index is 488. The smallest absolute Gasteiger partial charge is 0.345 e. The third kappa shape index (κ3) is 1.91. The molecule has 16 heavy (non-hydrogen) atoms. The van der Waals surface area contributed by atoms with E-state index in [4.69, 9.17) is 0 Å². The Kier molecular flexibility index (Phi) is 2.41. The molecule has 0 atom stereocenters. The zero-order valence-corrected chi connectivity index (χ0v) is 7.85. The number of benzene rings is 1. The summed E-state index contributed by atoms with van der Waals surface area (Å²) >= 11 is 0. The van der Waals surface area contributed by atoms with Crippen LogP contribution in [0.1, 0.15) is 5.56 Å². The molecule has 0 spiro atoms. The van der Waals surface area contributed by atoms with E-state index in [2.05, 4.69) is 9.97 Å². The Morgan fingerprint density at radius 1 is 1.19 bits per heavy atom. The lowest BCUT2D eigenvalue weighted by Gasteiger charge is -2.10. The van der Waals surface area contributed by atoms with Gasteiger partial charge in [0.05, 0.1) is 5.56 Å². The first-order valence-electron chi connectivity index (χ1n) is 4.35. The van der Waals surface area contributed by atoms with Gasteiger partial charge in [0.15, 0.2) is 0 Å². The van der Waals surface area contributed by atoms with Crippen molar-refractivity contribution < 1.29 is 17.6 Å². The fraction of sp³-hybridized carbons (Fsp3) is 0.100. The fourth-order valence-corrected chi connectivity index (χ4v) is 1.37. The van der Waals surface area contributed by atoms with Crippen molar-refractivity contribution in [2.24, 2.45) is 0 Å². The SMILES string of the molecule is Fc1ccc(C(F)(F)F)c(-c2ncc[nH]2)c1. The number of nitrogens with one attached hydrogen (secondary N) is 1. The molecule has 0 aliphatic heterocycles. The summed E-state index contributed by atoms with van der Waals surface area (Å²) in [7, 11) is 0. The van der Waals surface area contributed by atoms with Crippen LogP contribution >= 0.6 is 0 Å². The number of H-pyrrole nitrogens is 1. The molecule has 0 radical (unpaired) electrons. The van der Waals surface area contributed by atoms with Gasteiger partial charge in [-0.3, -0.25) is 0 Å². The van der Waals surface area contributed by atoms with Crippen molar-refractivity contribution in [2.75, 3.05) is 0 Å². The second-order valence-electron chi connectivity index (χ2n) is 3.13. The Hall–Kier alpha value is -1.85. The highest BCUT2D eigenvalue weighted by Gasteiger charge is 2.34. The predicted octanol–water partition coefficient (Wildman–Crippen LogP) is 3.23. The van der Waals surface area contributed by atoms with Crippen molar-refractivity contribution in [3.8, 4) is 11.4 Å². The molecule has 2 nitrogen and oxygen atoms in total. The van der Waals surface area contributed by atoms with Crippen LogP contribution in [0.5, 0.6) is 0 Å². The largest absolute Gasteiger partial charge is 0.417 e. The van der Waals surface area contributed by atoms with Gasteiger partial charge in [0.25, 0.3) is 0 Å². The van der Waals surface area contributed by atoms with Crippen LogP contribution in [0, 0.1) is 5.82 Å². The standard InChI is InChI=1S/C10H6F4N2/c11-6-1-2-8(10(12,13)14)7(5-6)9-15-3-4-16-9/h1-5H,(H,15,16). The third-order valence-electron chi connectivity index (χ3n) is 2.04. The molecule has 0 bridgehead atoms. The first kappa shape index (κ1) is 10.7. The first-order chi connectivity index (χ1) is 7.48. The van der Waals surface area contributed by atoms with Gasteiger partial charge in [-0.25, -0.2) is 9.37 Å². The summed E-state index contributed by atoms with van der Waals surface area (Å²) in [5.74, 6) is -0.744. The molecular weight excluding hydrogens is 224 g/mol. The Balaban J connectivity index is 2.63. The number of rotatable bonds is 1. The van der Waals surface area contributed by atoms with Gasteiger partial charge in [0, 0.05) is 18.0 Å². The highest BCUT2D eigenvalue weighted by atomic mass is 19.4. The average molecular weight is 230 g/mol. The minimum atomic E-state index is -4.53. The van der Waals surface area contributed by atoms with Gasteiger partial charge in [0.2, 0.25) is 0 Å². The molecular formula is C10H6F4N2. The van der Waals surface area contributed by atoms with Crippen molar-refractivity contribution >= 4 is 0 Å². The van der Waals surface area contributed by atoms with Crippen molar-refractivity contribution in [3.05, 3.63) is 42.0 Å². The van der Waals surface area contributed by atoms with E-state index in [1.54, 1.807) is 0 Å². The molecule has 0 aliphatic rings. The van der Waals surface area contributed by atoms with Crippen LogP contribution in [0.3, 0.4) is 0 Å². The molecule has 84 valence electrons. The molecule has 1 heterocycles. The van der Waals surface area contributed by atoms with Gasteiger partial charge in [-0.2, -0.15) is 13.2 Å². The van der Waals surface area contributed by atoms with Gasteiger partial charge in [-0.15, -0.1) is 0 Å². The topological polar surface area (TPSA) is 28.7 Å². The average Bonchev–Trinajstić information content (AvgIpc) is 2.68. The van der Waals surface area contributed by atoms with E-state index in [0.29, 0.717) is 6.07 Å². The molecule has 0 aliphatic carbocycles. The second-order valence-corrected chi connectivity index (χ2v) is 3.13. The van der Waals surface area contributed by atoms with E-state index in [1.165, 1.54) is 12.4 Å². The third-order valence-corrected chi connectivity index (χ3v) is 2.04. The highest BCUT2D eigenvalue weighted by Crippen LogP contribution is 2.36. The molecule has 0 saturated heterocycles. The summed E-state index contributed by atoms with van der Waals surface area (Å²) in [6.07, 6.45) is -1.85. The van der Waals surface area contributed by atoms with Gasteiger partial charge < -0.3 is 4.98 Å². The van der Waals surface area contributed by atoms with Crippen molar-refractivity contribution in [1.82, 2.24) is 9.97 Å². The molecule has 0 fully saturated rings. The van der Waals surface area contributed by atoms with E-state index in [1.807, 2.05) is 0 Å². The molecule has 1 aromatic carbocycles. The molecule has 6 heteroatoms. The van der Waals surface area contributed by atoms with E-state index in [9.17, 15) is 17.6 Å². The van der Waals surface area contributed by atoms with Gasteiger partial charge in [-0.1, -0.05) is 0 Å². The van der Waals surface area contributed by atoms with Crippen LogP contribution in [-0.4, -0.2) is 9.97 Å². The Morgan fingerprint density at radius 3 is 2.50 bits per heavy atom. The van der Waals surface area contributed by atoms with Crippen LogP contribution in [0.15, 0.2) is 30.6 Å². The summed E-state index contributed by atoms with van der Waals surface area (Å²) in [5.41, 5.74) is -1.21. The Morgan fingerprint density at radius 2 is 1.94 bits per heavy atom. The minimum absolute atomic E-state index is 0.00757. The molecule has 1 aromatic heterocycles. The van der Waals surface area contributed by atoms with Gasteiger partial charge in [-0.05, 0) is 18.2 Å². The lowest BCUT2D eigenvalue weighted by atomic mass is 10.1. The number of nitrogens with zero attached hydrogens (tertiary/aromatic N) is 1. The summed E-state index contributed by atoms with van der Waals surface area (Å²) in [5, 5.41) is 0. The number of aromatic nitrogens is 2. The first-order valence-corrected chi connectivity index (χ1v) is 4.35. The lowest BCUT2D eigenvalue weighted by molar-refractivity contribution is -0.137. The van der Waals surface area contributed by atoms with Crippen LogP contribution in [0.4, 0.5) is 17.6 Å². The van der Waals surface area contributed by atoms with Crippen LogP contribution in [0.2, 0.25) is 0 Å². The van der Waals surface area contributed by atoms with Crippen LogP contribution in [0.25, 0.3) is 11.4 Å². The number of aromatic amines is 1. The quantitative estimate of drug-likeness (QED) is 0.748. The lowest BCUT2D eigenvalue weighted by Crippen LogP contribution is -2.07. The number of hydrogen-bond acceptors (Lipinski definition) is 1. The minimum Gasteiger partial charge on any atom is -0.345 e. The van der Waals surface area contributed by atoms with E-state index >= 15 is 0 Å². The zero-order chi connectivity index (χ0) is 11.8. The van der Waals surface area contributed by atoms with E-state index in [0.717, 1.165) is 12.1 Å². The Labute approximate surface area is 87.9 Å².